The van der Waals surface area contributed by atoms with Crippen LogP contribution in [-0.4, -0.2) is 165 Å². The average molecular weight is 1710 g/mol. The van der Waals surface area contributed by atoms with Gasteiger partial charge in [-0.15, -0.1) is 0 Å². The zero-order chi connectivity index (χ0) is 95.4. The van der Waals surface area contributed by atoms with Gasteiger partial charge in [-0.25, -0.2) is 0 Å². The molecule has 718 valence electrons. The number of aliphatic hydroxyl groups is 1. The molecule has 0 bridgehead atoms. The van der Waals surface area contributed by atoms with E-state index in [9.17, 15) is 24.3 Å². The van der Waals surface area contributed by atoms with Crippen molar-refractivity contribution >= 4 is 35.6 Å². The topological polar surface area (TPSA) is 190 Å². The molecule has 0 spiro atoms. The largest absolute Gasteiger partial charge is 0.463 e. The van der Waals surface area contributed by atoms with Gasteiger partial charge in [0.15, 0.2) is 0 Å². The van der Waals surface area contributed by atoms with E-state index in [1.165, 1.54) is 121 Å². The first-order valence-corrected chi connectivity index (χ1v) is 47.3. The van der Waals surface area contributed by atoms with E-state index in [-0.39, 0.29) is 69.5 Å². The van der Waals surface area contributed by atoms with E-state index in [0.29, 0.717) is 88.8 Å². The standard InChI is InChI=1S/C15H33N.C14H30O.C14H30S.C12H25NO2.C11H25N.C11H24O3.C10H18O4.C8H16O2.C6H14O/c1-14(2,3)10-8-12-16(7)13-9-11-15(4,5)6;2*1-13(2,3)9-7-11-15-12-8-10-14(4,5)6;1-11(2,3)10(14)13-8-7-9-15-12(4,5)6;1-10(2,3)8-7-9-12-11(4,5)6;1-10(2,3)13-7-9(12)8-14-11(4,5)6;1-6(2)9(11)13-8(5)14-10(12)7(3)4;1-6(2)5-8(9)10-7(3)4;1-5(2)7-6(3)4/h8-13H2,1-7H3;2*7-12H2,1-6H3;7-9H2,1-6H3,(H,13,14);12H,7-9H2,1-6H3;9,12H,7-8H2,1-6H3;6-8H,1-5H3;6-7H,5H2,1-4H3;5-6H,1-4H3. The number of ether oxygens (including phenoxy) is 8. The lowest BCUT2D eigenvalue weighted by Gasteiger charge is -2.25. The van der Waals surface area contributed by atoms with Gasteiger partial charge in [-0.2, -0.15) is 11.8 Å². The molecular formula is C101H215N3O13S. The first-order valence-electron chi connectivity index (χ1n) is 46.2. The number of esters is 3. The van der Waals surface area contributed by atoms with Gasteiger partial charge in [-0.1, -0.05) is 208 Å². The molecule has 0 fully saturated rings. The summed E-state index contributed by atoms with van der Waals surface area (Å²) in [5.41, 5.74) is 2.89. The van der Waals surface area contributed by atoms with Gasteiger partial charge < -0.3 is 58.5 Å². The number of hydrogen-bond donors (Lipinski definition) is 3. The van der Waals surface area contributed by atoms with E-state index >= 15 is 0 Å². The van der Waals surface area contributed by atoms with Crippen molar-refractivity contribution in [1.82, 2.24) is 15.5 Å². The molecule has 118 heavy (non-hydrogen) atoms. The Morgan fingerprint density at radius 2 is 0.686 bits per heavy atom. The van der Waals surface area contributed by atoms with Gasteiger partial charge in [0.1, 0.15) is 6.10 Å². The van der Waals surface area contributed by atoms with Crippen LogP contribution in [0.25, 0.3) is 0 Å². The molecule has 0 rings (SSSR count). The molecule has 1 amide bonds. The normalized spacial score (nSPS) is 12.6. The van der Waals surface area contributed by atoms with Crippen LogP contribution in [0.2, 0.25) is 0 Å². The third kappa shape index (κ3) is 145. The highest BCUT2D eigenvalue weighted by Gasteiger charge is 2.23. The van der Waals surface area contributed by atoms with E-state index in [4.69, 9.17) is 37.9 Å². The van der Waals surface area contributed by atoms with Crippen molar-refractivity contribution in [1.29, 1.82) is 0 Å². The van der Waals surface area contributed by atoms with Gasteiger partial charge in [-0.05, 0) is 303 Å². The third-order valence-electron chi connectivity index (χ3n) is 15.8. The number of thioether (sulfide) groups is 1. The van der Waals surface area contributed by atoms with Crippen molar-refractivity contribution in [3.63, 3.8) is 0 Å². The van der Waals surface area contributed by atoms with Crippen molar-refractivity contribution < 1.29 is 62.2 Å². The molecule has 0 aromatic heterocycles. The first-order chi connectivity index (χ1) is 52.4. The van der Waals surface area contributed by atoms with E-state index < -0.39 is 12.4 Å². The van der Waals surface area contributed by atoms with Crippen LogP contribution in [0.4, 0.5) is 0 Å². The van der Waals surface area contributed by atoms with Crippen LogP contribution in [-0.2, 0) is 57.1 Å². The summed E-state index contributed by atoms with van der Waals surface area (Å²) in [4.78, 5) is 47.0. The van der Waals surface area contributed by atoms with Gasteiger partial charge in [0.05, 0.1) is 60.2 Å². The Morgan fingerprint density at radius 1 is 0.373 bits per heavy atom. The number of nitrogens with zero attached hydrogens (tertiary/aromatic N) is 1. The number of amides is 1. The van der Waals surface area contributed by atoms with Crippen molar-refractivity contribution in [2.24, 2.45) is 61.1 Å². The van der Waals surface area contributed by atoms with E-state index in [2.05, 4.69) is 201 Å². The van der Waals surface area contributed by atoms with Crippen molar-refractivity contribution in [3.8, 4) is 0 Å². The zero-order valence-corrected chi connectivity index (χ0v) is 89.7. The fourth-order valence-electron chi connectivity index (χ4n) is 9.45. The Hall–Kier alpha value is -2.09. The van der Waals surface area contributed by atoms with Crippen molar-refractivity contribution in [3.05, 3.63) is 0 Å². The van der Waals surface area contributed by atoms with Gasteiger partial charge in [0.2, 0.25) is 12.2 Å². The molecule has 0 saturated heterocycles. The molecular weight excluding hydrogens is 1500 g/mol. The first kappa shape index (κ1) is 134. The predicted molar refractivity (Wildman–Crippen MR) is 518 cm³/mol. The monoisotopic (exact) mass is 1710 g/mol. The Balaban J connectivity index is -0.000000163. The molecule has 0 atom stereocenters. The van der Waals surface area contributed by atoms with Crippen LogP contribution < -0.4 is 10.6 Å². The predicted octanol–water partition coefficient (Wildman–Crippen LogP) is 27.7. The maximum atomic E-state index is 11.5. The van der Waals surface area contributed by atoms with Crippen LogP contribution in [0.3, 0.4) is 0 Å². The van der Waals surface area contributed by atoms with Crippen LogP contribution in [0.15, 0.2) is 0 Å². The third-order valence-corrected chi connectivity index (χ3v) is 16.9. The molecule has 0 unspecified atom stereocenters. The Bertz CT molecular complexity index is 2140. The van der Waals surface area contributed by atoms with Crippen LogP contribution in [0, 0.1) is 61.1 Å². The summed E-state index contributed by atoms with van der Waals surface area (Å²) in [5, 5.41) is 15.9. The molecule has 0 aromatic carbocycles. The molecule has 0 radical (unpaired) electrons. The molecule has 0 aliphatic rings. The molecule has 16 nitrogen and oxygen atoms in total. The summed E-state index contributed by atoms with van der Waals surface area (Å²) >= 11 is 2.13. The van der Waals surface area contributed by atoms with Gasteiger partial charge >= 0.3 is 17.9 Å². The van der Waals surface area contributed by atoms with Gasteiger partial charge in [-0.3, -0.25) is 19.2 Å². The van der Waals surface area contributed by atoms with E-state index in [0.717, 1.165) is 26.2 Å². The fraction of sp³-hybridized carbons (Fsp3) is 0.960. The maximum absolute atomic E-state index is 11.5. The Morgan fingerprint density at radius 3 is 0.949 bits per heavy atom. The fourth-order valence-corrected chi connectivity index (χ4v) is 10.3. The smallest absolute Gasteiger partial charge is 0.311 e. The average Bonchev–Trinajstić information content (AvgIpc) is 0.923. The summed E-state index contributed by atoms with van der Waals surface area (Å²) < 4.78 is 41.9. The lowest BCUT2D eigenvalue weighted by molar-refractivity contribution is -0.189. The molecule has 0 aromatic rings. The van der Waals surface area contributed by atoms with E-state index in [1.54, 1.807) is 27.7 Å². The Kier molecular flexibility index (Phi) is 78.4. The van der Waals surface area contributed by atoms with Crippen LogP contribution in [0.1, 0.15) is 442 Å². The van der Waals surface area contributed by atoms with Crippen LogP contribution in [0.5, 0.6) is 0 Å². The summed E-state index contributed by atoms with van der Waals surface area (Å²) in [5.74, 6) is 1.94. The van der Waals surface area contributed by atoms with Crippen LogP contribution >= 0.6 is 11.8 Å². The summed E-state index contributed by atoms with van der Waals surface area (Å²) in [7, 11) is 2.26. The SMILES string of the molecule is CC(C)(C)CCCNC(C)(C)C.CC(C)(C)CCCOCCCC(C)(C)C.CC(C)(C)CCCSCCCC(C)(C)C.CC(C)(C)OCC(O)COC(C)(C)C.CC(C)(C)OCCCNC(=O)C(C)(C)C.CC(C)CC(=O)OC(C)C.CC(C)OC(C)C.CC(OC(=O)C(C)C)OC(=O)C(C)C.CN(CCCC(C)(C)C)CCCC(C)(C)C. The number of carbonyl (C=O) groups excluding carboxylic acids is 4. The molecule has 0 aliphatic heterocycles. The second-order valence-electron chi connectivity index (χ2n) is 47.8. The highest BCUT2D eigenvalue weighted by molar-refractivity contribution is 7.99. The van der Waals surface area contributed by atoms with Crippen molar-refractivity contribution in [2.45, 2.75) is 495 Å². The molecule has 0 heterocycles. The van der Waals surface area contributed by atoms with Gasteiger partial charge in [0.25, 0.3) is 0 Å². The second-order valence-corrected chi connectivity index (χ2v) is 49.0. The highest BCUT2D eigenvalue weighted by atomic mass is 32.2. The number of hydrogen-bond acceptors (Lipinski definition) is 16. The van der Waals surface area contributed by atoms with E-state index in [1.807, 2.05) is 138 Å². The lowest BCUT2D eigenvalue weighted by atomic mass is 9.90. The number of aliphatic hydroxyl groups excluding tert-OH is 1. The number of nitrogens with one attached hydrogen (secondary N) is 2. The Labute approximate surface area is 743 Å². The lowest BCUT2D eigenvalue weighted by Crippen LogP contribution is -2.36. The van der Waals surface area contributed by atoms with Crippen molar-refractivity contribution in [2.75, 3.05) is 77.8 Å². The molecule has 0 aliphatic carbocycles. The summed E-state index contributed by atoms with van der Waals surface area (Å²) in [6.07, 6.45) is 19.1. The summed E-state index contributed by atoms with van der Waals surface area (Å²) in [6, 6.07) is 0. The second kappa shape index (κ2) is 69.1. The highest BCUT2D eigenvalue weighted by Crippen LogP contribution is 2.27. The number of rotatable bonds is 38. The number of carbonyl (C=O) groups is 4. The summed E-state index contributed by atoms with van der Waals surface area (Å²) in [6.45, 7) is 111. The molecule has 0 saturated carbocycles. The minimum absolute atomic E-state index is 0.0197. The quantitative estimate of drug-likeness (QED) is 0.0300. The minimum Gasteiger partial charge on any atom is -0.463 e. The molecule has 3 N–H and O–H groups in total. The van der Waals surface area contributed by atoms with Gasteiger partial charge in [0, 0.05) is 50.7 Å². The maximum Gasteiger partial charge on any atom is 0.311 e. The minimum atomic E-state index is -0.806. The molecule has 17 heteroatoms. The zero-order valence-electron chi connectivity index (χ0n) is 88.9.